The van der Waals surface area contributed by atoms with Crippen molar-refractivity contribution in [3.05, 3.63) is 35.9 Å². The molecular weight excluding hydrogens is 164 g/mol. The van der Waals surface area contributed by atoms with Crippen molar-refractivity contribution in [3.63, 3.8) is 0 Å². The van der Waals surface area contributed by atoms with Gasteiger partial charge in [-0.2, -0.15) is 0 Å². The minimum atomic E-state index is 0.0442. The third-order valence-electron chi connectivity index (χ3n) is 1.69. The molecule has 5 N–H and O–H groups in total. The van der Waals surface area contributed by atoms with Crippen molar-refractivity contribution in [2.45, 2.75) is 13.0 Å². The lowest BCUT2D eigenvalue weighted by molar-refractivity contribution is 0.604. The Bertz CT molecular complexity index is 277. The number of nitrogens with two attached hydrogens (primary N) is 2. The maximum Gasteiger partial charge on any atom is 0.208 e. The summed E-state index contributed by atoms with van der Waals surface area (Å²) < 4.78 is 0. The normalized spacial score (nSPS) is 11.8. The first-order chi connectivity index (χ1) is 6.20. The third kappa shape index (κ3) is 3.02. The number of nitrogens with zero attached hydrogens (tertiary/aromatic N) is 1. The van der Waals surface area contributed by atoms with Gasteiger partial charge in [0.2, 0.25) is 5.96 Å². The summed E-state index contributed by atoms with van der Waals surface area (Å²) in [5.41, 5.74) is 14.4. The van der Waals surface area contributed by atoms with Crippen LogP contribution in [0.5, 0.6) is 0 Å². The van der Waals surface area contributed by atoms with Crippen molar-refractivity contribution < 1.29 is 0 Å². The fourth-order valence-electron chi connectivity index (χ4n) is 0.988. The van der Waals surface area contributed by atoms with Crippen LogP contribution in [0.2, 0.25) is 0 Å². The molecule has 1 atom stereocenters. The molecule has 0 spiro atoms. The number of hydrogen-bond acceptors (Lipinski definition) is 2. The summed E-state index contributed by atoms with van der Waals surface area (Å²) in [5.74, 6) is 0.0442. The Morgan fingerprint density at radius 2 is 1.92 bits per heavy atom. The molecule has 1 unspecified atom stereocenters. The van der Waals surface area contributed by atoms with Gasteiger partial charge in [-0.05, 0) is 12.5 Å². The largest absolute Gasteiger partial charge is 0.369 e. The standard InChI is InChI=1S/C9H14N4/c1-7(12-13-9(10)11)8-5-3-2-4-6-8/h2-7,12H,1H3,(H4,10,11,13). The number of hydrogen-bond donors (Lipinski definition) is 3. The van der Waals surface area contributed by atoms with Gasteiger partial charge in [0.15, 0.2) is 0 Å². The molecule has 0 amide bonds. The molecule has 0 bridgehead atoms. The summed E-state index contributed by atoms with van der Waals surface area (Å²) >= 11 is 0. The SMILES string of the molecule is CC(NN=C(N)N)c1ccccc1. The minimum Gasteiger partial charge on any atom is -0.369 e. The Morgan fingerprint density at radius 1 is 1.31 bits per heavy atom. The van der Waals surface area contributed by atoms with E-state index in [0.29, 0.717) is 0 Å². The number of hydrazone groups is 1. The Balaban J connectivity index is 2.59. The summed E-state index contributed by atoms with van der Waals surface area (Å²) in [7, 11) is 0. The van der Waals surface area contributed by atoms with Gasteiger partial charge in [-0.15, -0.1) is 5.10 Å². The zero-order chi connectivity index (χ0) is 9.68. The van der Waals surface area contributed by atoms with E-state index in [4.69, 9.17) is 11.5 Å². The van der Waals surface area contributed by atoms with Crippen LogP contribution in [0.1, 0.15) is 18.5 Å². The van der Waals surface area contributed by atoms with Crippen LogP contribution in [-0.4, -0.2) is 5.96 Å². The predicted molar refractivity (Wildman–Crippen MR) is 53.8 cm³/mol. The lowest BCUT2D eigenvalue weighted by Gasteiger charge is -2.10. The van der Waals surface area contributed by atoms with Crippen LogP contribution in [0.25, 0.3) is 0 Å². The Hall–Kier alpha value is -1.71. The first kappa shape index (κ1) is 9.38. The Labute approximate surface area is 77.6 Å². The smallest absolute Gasteiger partial charge is 0.208 e. The lowest BCUT2D eigenvalue weighted by atomic mass is 10.1. The monoisotopic (exact) mass is 178 g/mol. The summed E-state index contributed by atoms with van der Waals surface area (Å²) in [6.07, 6.45) is 0. The average molecular weight is 178 g/mol. The summed E-state index contributed by atoms with van der Waals surface area (Å²) in [6, 6.07) is 10.1. The molecule has 1 aromatic carbocycles. The molecule has 0 aliphatic heterocycles. The molecule has 70 valence electrons. The van der Waals surface area contributed by atoms with Gasteiger partial charge in [0.1, 0.15) is 0 Å². The van der Waals surface area contributed by atoms with Crippen LogP contribution in [0, 0.1) is 0 Å². The van der Waals surface area contributed by atoms with Gasteiger partial charge in [0.05, 0.1) is 6.04 Å². The summed E-state index contributed by atoms with van der Waals surface area (Å²) in [5, 5.41) is 3.72. The van der Waals surface area contributed by atoms with Crippen molar-refractivity contribution >= 4 is 5.96 Å². The molecule has 1 aromatic rings. The lowest BCUT2D eigenvalue weighted by Crippen LogP contribution is -2.27. The second-order valence-electron chi connectivity index (χ2n) is 2.80. The molecule has 13 heavy (non-hydrogen) atoms. The molecule has 1 rings (SSSR count). The molecule has 0 heterocycles. The highest BCUT2D eigenvalue weighted by Crippen LogP contribution is 2.10. The Morgan fingerprint density at radius 3 is 2.46 bits per heavy atom. The second-order valence-corrected chi connectivity index (χ2v) is 2.80. The highest BCUT2D eigenvalue weighted by molar-refractivity contribution is 5.75. The molecule has 4 heteroatoms. The minimum absolute atomic E-state index is 0.0442. The number of guanidine groups is 1. The number of rotatable bonds is 3. The van der Waals surface area contributed by atoms with Crippen molar-refractivity contribution in [1.29, 1.82) is 0 Å². The van der Waals surface area contributed by atoms with Crippen molar-refractivity contribution in [1.82, 2.24) is 5.43 Å². The van der Waals surface area contributed by atoms with E-state index in [0.717, 1.165) is 5.56 Å². The maximum atomic E-state index is 5.18. The van der Waals surface area contributed by atoms with Gasteiger partial charge in [0, 0.05) is 0 Å². The van der Waals surface area contributed by atoms with Crippen LogP contribution in [-0.2, 0) is 0 Å². The quantitative estimate of drug-likeness (QED) is 0.359. The maximum absolute atomic E-state index is 5.18. The van der Waals surface area contributed by atoms with E-state index >= 15 is 0 Å². The first-order valence-electron chi connectivity index (χ1n) is 4.09. The fourth-order valence-corrected chi connectivity index (χ4v) is 0.988. The fraction of sp³-hybridized carbons (Fsp3) is 0.222. The van der Waals surface area contributed by atoms with E-state index in [2.05, 4.69) is 10.5 Å². The van der Waals surface area contributed by atoms with Gasteiger partial charge in [-0.3, -0.25) is 5.43 Å². The van der Waals surface area contributed by atoms with E-state index in [-0.39, 0.29) is 12.0 Å². The second kappa shape index (κ2) is 4.35. The molecule has 0 radical (unpaired) electrons. The highest BCUT2D eigenvalue weighted by atomic mass is 15.3. The molecule has 0 aromatic heterocycles. The van der Waals surface area contributed by atoms with Gasteiger partial charge in [0.25, 0.3) is 0 Å². The molecule has 0 aliphatic rings. The molecule has 0 saturated heterocycles. The zero-order valence-electron chi connectivity index (χ0n) is 7.57. The molecule has 0 fully saturated rings. The highest BCUT2D eigenvalue weighted by Gasteiger charge is 2.01. The summed E-state index contributed by atoms with van der Waals surface area (Å²) in [6.45, 7) is 1.99. The van der Waals surface area contributed by atoms with Crippen molar-refractivity contribution in [2.24, 2.45) is 16.6 Å². The topological polar surface area (TPSA) is 76.4 Å². The van der Waals surface area contributed by atoms with Crippen LogP contribution in [0.3, 0.4) is 0 Å². The summed E-state index contributed by atoms with van der Waals surface area (Å²) in [4.78, 5) is 0. The van der Waals surface area contributed by atoms with Gasteiger partial charge >= 0.3 is 0 Å². The first-order valence-corrected chi connectivity index (χ1v) is 4.09. The van der Waals surface area contributed by atoms with E-state index in [1.54, 1.807) is 0 Å². The van der Waals surface area contributed by atoms with Crippen molar-refractivity contribution in [2.75, 3.05) is 0 Å². The van der Waals surface area contributed by atoms with E-state index < -0.39 is 0 Å². The van der Waals surface area contributed by atoms with Crippen LogP contribution < -0.4 is 16.9 Å². The number of nitrogens with one attached hydrogen (secondary N) is 1. The average Bonchev–Trinajstić information content (AvgIpc) is 2.15. The van der Waals surface area contributed by atoms with E-state index in [1.807, 2.05) is 37.3 Å². The van der Waals surface area contributed by atoms with E-state index in [1.165, 1.54) is 0 Å². The molecular formula is C9H14N4. The third-order valence-corrected chi connectivity index (χ3v) is 1.69. The van der Waals surface area contributed by atoms with Gasteiger partial charge in [-0.1, -0.05) is 30.3 Å². The number of benzene rings is 1. The molecule has 4 nitrogen and oxygen atoms in total. The van der Waals surface area contributed by atoms with Crippen LogP contribution >= 0.6 is 0 Å². The van der Waals surface area contributed by atoms with Gasteiger partial charge in [-0.25, -0.2) is 0 Å². The molecule has 0 aliphatic carbocycles. The van der Waals surface area contributed by atoms with E-state index in [9.17, 15) is 0 Å². The van der Waals surface area contributed by atoms with Crippen LogP contribution in [0.15, 0.2) is 35.4 Å². The molecule has 0 saturated carbocycles. The van der Waals surface area contributed by atoms with Gasteiger partial charge < -0.3 is 11.5 Å². The van der Waals surface area contributed by atoms with Crippen molar-refractivity contribution in [3.8, 4) is 0 Å². The van der Waals surface area contributed by atoms with Crippen LogP contribution in [0.4, 0.5) is 0 Å². The Kier molecular flexibility index (Phi) is 3.14. The zero-order valence-corrected chi connectivity index (χ0v) is 7.57. The predicted octanol–water partition coefficient (Wildman–Crippen LogP) is 0.526.